The number of hydrogen-bond donors (Lipinski definition) is 1. The molecule has 0 unspecified atom stereocenters. The Bertz CT molecular complexity index is 1160. The molecule has 0 aliphatic carbocycles. The van der Waals surface area contributed by atoms with Gasteiger partial charge in [0.25, 0.3) is 5.91 Å². The maximum atomic E-state index is 12.9. The average Bonchev–Trinajstić information content (AvgIpc) is 2.87. The molecule has 0 bridgehead atoms. The summed E-state index contributed by atoms with van der Waals surface area (Å²) >= 11 is 0. The van der Waals surface area contributed by atoms with Crippen LogP contribution in [0.1, 0.15) is 0 Å². The molecule has 34 heavy (non-hydrogen) atoms. The van der Waals surface area contributed by atoms with Crippen molar-refractivity contribution in [2.24, 2.45) is 0 Å². The van der Waals surface area contributed by atoms with E-state index in [1.165, 1.54) is 0 Å². The largest absolute Gasteiger partial charge is 0.457 e. The molecule has 6 heteroatoms. The van der Waals surface area contributed by atoms with Crippen LogP contribution in [0.3, 0.4) is 0 Å². The predicted molar refractivity (Wildman–Crippen MR) is 132 cm³/mol. The lowest BCUT2D eigenvalue weighted by molar-refractivity contribution is -0.126. The first-order valence-corrected chi connectivity index (χ1v) is 10.8. The fourth-order valence-corrected chi connectivity index (χ4v) is 3.31. The third kappa shape index (κ3) is 6.31. The molecule has 0 spiro atoms. The van der Waals surface area contributed by atoms with E-state index in [1.807, 2.05) is 91.0 Å². The number of anilines is 3. The van der Waals surface area contributed by atoms with Gasteiger partial charge in [-0.05, 0) is 60.7 Å². The van der Waals surface area contributed by atoms with Gasteiger partial charge in [0.2, 0.25) is 5.91 Å². The molecule has 4 aromatic carbocycles. The van der Waals surface area contributed by atoms with Crippen molar-refractivity contribution in [3.63, 3.8) is 0 Å². The van der Waals surface area contributed by atoms with Crippen LogP contribution in [0, 0.1) is 0 Å². The minimum absolute atomic E-state index is 0.235. The van der Waals surface area contributed by atoms with Crippen LogP contribution in [0.25, 0.3) is 0 Å². The van der Waals surface area contributed by atoms with E-state index in [1.54, 1.807) is 29.2 Å². The van der Waals surface area contributed by atoms with Crippen LogP contribution in [-0.4, -0.2) is 25.0 Å². The lowest BCUT2D eigenvalue weighted by Crippen LogP contribution is -2.31. The van der Waals surface area contributed by atoms with Crippen molar-refractivity contribution in [1.29, 1.82) is 0 Å². The number of para-hydroxylation sites is 3. The summed E-state index contributed by atoms with van der Waals surface area (Å²) in [7, 11) is 0. The second-order valence-electron chi connectivity index (χ2n) is 7.38. The third-order valence-corrected chi connectivity index (χ3v) is 4.85. The molecule has 0 aliphatic rings. The Kier molecular flexibility index (Phi) is 7.66. The van der Waals surface area contributed by atoms with Gasteiger partial charge in [-0.25, -0.2) is 0 Å². The molecule has 0 fully saturated rings. The standard InChI is InChI=1S/C28H24N2O4/c31-27(29-22-16-18-26(19-17-22)34-25-14-8-3-9-15-25)20-33-21-28(32)30(23-10-4-1-5-11-23)24-12-6-2-7-13-24/h1-19H,20-21H2,(H,29,31). The summed E-state index contributed by atoms with van der Waals surface area (Å²) in [6.45, 7) is -0.480. The molecule has 0 heterocycles. The Hall–Kier alpha value is -4.42. The van der Waals surface area contributed by atoms with E-state index in [4.69, 9.17) is 9.47 Å². The van der Waals surface area contributed by atoms with Crippen molar-refractivity contribution in [3.8, 4) is 11.5 Å². The molecule has 6 nitrogen and oxygen atoms in total. The van der Waals surface area contributed by atoms with Gasteiger partial charge >= 0.3 is 0 Å². The lowest BCUT2D eigenvalue weighted by Gasteiger charge is -2.23. The maximum absolute atomic E-state index is 12.9. The molecule has 2 amide bonds. The van der Waals surface area contributed by atoms with Gasteiger partial charge in [-0.2, -0.15) is 0 Å². The molecule has 0 atom stereocenters. The highest BCUT2D eigenvalue weighted by molar-refractivity contribution is 6.01. The SMILES string of the molecule is O=C(COCC(=O)N(c1ccccc1)c1ccccc1)Nc1ccc(Oc2ccccc2)cc1. The van der Waals surface area contributed by atoms with E-state index in [0.29, 0.717) is 11.4 Å². The summed E-state index contributed by atoms with van der Waals surface area (Å²) < 4.78 is 11.2. The molecular weight excluding hydrogens is 428 g/mol. The topological polar surface area (TPSA) is 67.9 Å². The number of carbonyl (C=O) groups excluding carboxylic acids is 2. The van der Waals surface area contributed by atoms with E-state index in [0.717, 1.165) is 17.1 Å². The van der Waals surface area contributed by atoms with Crippen LogP contribution in [0.4, 0.5) is 17.1 Å². The number of amides is 2. The summed E-state index contributed by atoms with van der Waals surface area (Å²) in [5, 5.41) is 2.75. The van der Waals surface area contributed by atoms with Gasteiger partial charge in [-0.1, -0.05) is 54.6 Å². The quantitative estimate of drug-likeness (QED) is 0.349. The second-order valence-corrected chi connectivity index (χ2v) is 7.38. The Morgan fingerprint density at radius 2 is 1.12 bits per heavy atom. The van der Waals surface area contributed by atoms with Crippen LogP contribution in [0.2, 0.25) is 0 Å². The Morgan fingerprint density at radius 1 is 0.618 bits per heavy atom. The van der Waals surface area contributed by atoms with Crippen molar-refractivity contribution in [1.82, 2.24) is 0 Å². The number of nitrogens with one attached hydrogen (secondary N) is 1. The highest BCUT2D eigenvalue weighted by Gasteiger charge is 2.18. The molecule has 170 valence electrons. The Balaban J connectivity index is 1.29. The summed E-state index contributed by atoms with van der Waals surface area (Å²) in [5.74, 6) is 0.772. The van der Waals surface area contributed by atoms with E-state index in [9.17, 15) is 9.59 Å². The van der Waals surface area contributed by atoms with Gasteiger partial charge < -0.3 is 14.8 Å². The Labute approximate surface area is 198 Å². The van der Waals surface area contributed by atoms with Crippen LogP contribution < -0.4 is 15.0 Å². The summed E-state index contributed by atoms with van der Waals surface area (Å²) in [5.41, 5.74) is 2.06. The molecule has 0 radical (unpaired) electrons. The van der Waals surface area contributed by atoms with Crippen molar-refractivity contribution in [3.05, 3.63) is 115 Å². The number of benzene rings is 4. The van der Waals surface area contributed by atoms with Crippen molar-refractivity contribution >= 4 is 28.9 Å². The van der Waals surface area contributed by atoms with E-state index >= 15 is 0 Å². The van der Waals surface area contributed by atoms with Gasteiger partial charge in [0.1, 0.15) is 24.7 Å². The van der Waals surface area contributed by atoms with Gasteiger partial charge in [0.15, 0.2) is 0 Å². The van der Waals surface area contributed by atoms with Crippen LogP contribution >= 0.6 is 0 Å². The fourth-order valence-electron chi connectivity index (χ4n) is 3.31. The Morgan fingerprint density at radius 3 is 1.68 bits per heavy atom. The monoisotopic (exact) mass is 452 g/mol. The molecule has 1 N–H and O–H groups in total. The number of hydrogen-bond acceptors (Lipinski definition) is 4. The van der Waals surface area contributed by atoms with Crippen LogP contribution in [-0.2, 0) is 14.3 Å². The number of carbonyl (C=O) groups is 2. The zero-order valence-electron chi connectivity index (χ0n) is 18.5. The van der Waals surface area contributed by atoms with Gasteiger partial charge in [-0.15, -0.1) is 0 Å². The van der Waals surface area contributed by atoms with E-state index < -0.39 is 0 Å². The predicted octanol–water partition coefficient (Wildman–Crippen LogP) is 5.80. The number of nitrogens with zero attached hydrogens (tertiary/aromatic N) is 1. The van der Waals surface area contributed by atoms with Gasteiger partial charge in [-0.3, -0.25) is 14.5 Å². The molecule has 4 rings (SSSR count). The minimum atomic E-state index is -0.351. The number of rotatable bonds is 9. The van der Waals surface area contributed by atoms with Gasteiger partial charge in [0, 0.05) is 17.1 Å². The first-order chi connectivity index (χ1) is 16.7. The van der Waals surface area contributed by atoms with Crippen LogP contribution in [0.15, 0.2) is 115 Å². The van der Waals surface area contributed by atoms with E-state index in [2.05, 4.69) is 5.32 Å². The second kappa shape index (κ2) is 11.4. The summed E-state index contributed by atoms with van der Waals surface area (Å²) in [6, 6.07) is 35.1. The smallest absolute Gasteiger partial charge is 0.257 e. The molecule has 0 saturated carbocycles. The maximum Gasteiger partial charge on any atom is 0.257 e. The first-order valence-electron chi connectivity index (χ1n) is 10.8. The average molecular weight is 453 g/mol. The zero-order chi connectivity index (χ0) is 23.6. The normalized spacial score (nSPS) is 10.4. The van der Waals surface area contributed by atoms with Gasteiger partial charge in [0.05, 0.1) is 0 Å². The minimum Gasteiger partial charge on any atom is -0.457 e. The lowest BCUT2D eigenvalue weighted by atomic mass is 10.2. The number of ether oxygens (including phenoxy) is 2. The third-order valence-electron chi connectivity index (χ3n) is 4.85. The van der Waals surface area contributed by atoms with Crippen molar-refractivity contribution < 1.29 is 19.1 Å². The zero-order valence-corrected chi connectivity index (χ0v) is 18.5. The van der Waals surface area contributed by atoms with Crippen LogP contribution in [0.5, 0.6) is 11.5 Å². The van der Waals surface area contributed by atoms with Crippen molar-refractivity contribution in [2.45, 2.75) is 0 Å². The molecule has 0 aromatic heterocycles. The molecule has 0 saturated heterocycles. The molecule has 4 aromatic rings. The molecule has 0 aliphatic heterocycles. The summed E-state index contributed by atoms with van der Waals surface area (Å²) in [4.78, 5) is 26.8. The molecular formula is C28H24N2O4. The van der Waals surface area contributed by atoms with E-state index in [-0.39, 0.29) is 25.0 Å². The highest BCUT2D eigenvalue weighted by Crippen LogP contribution is 2.25. The highest BCUT2D eigenvalue weighted by atomic mass is 16.5. The fraction of sp³-hybridized carbons (Fsp3) is 0.0714. The van der Waals surface area contributed by atoms with Crippen molar-refractivity contribution in [2.75, 3.05) is 23.4 Å². The first kappa shape index (κ1) is 22.8. The summed E-state index contributed by atoms with van der Waals surface area (Å²) in [6.07, 6.45) is 0.